The molecule has 2 aromatic heterocycles. The van der Waals surface area contributed by atoms with E-state index in [9.17, 15) is 0 Å². The Bertz CT molecular complexity index is 607. The summed E-state index contributed by atoms with van der Waals surface area (Å²) in [4.78, 5) is 10.8. The number of H-pyrrole nitrogens is 1. The van der Waals surface area contributed by atoms with E-state index in [2.05, 4.69) is 36.0 Å². The minimum Gasteiger partial charge on any atom is -0.356 e. The zero-order valence-corrected chi connectivity index (χ0v) is 10.4. The van der Waals surface area contributed by atoms with Crippen LogP contribution in [0, 0.1) is 6.92 Å². The summed E-state index contributed by atoms with van der Waals surface area (Å²) in [5.74, 6) is 0. The summed E-state index contributed by atoms with van der Waals surface area (Å²) in [5, 5.41) is 0. The molecule has 3 heterocycles. The summed E-state index contributed by atoms with van der Waals surface area (Å²) in [6.07, 6.45) is 3.87. The molecule has 4 rings (SSSR count). The summed E-state index contributed by atoms with van der Waals surface area (Å²) < 4.78 is 0. The van der Waals surface area contributed by atoms with Crippen molar-refractivity contribution in [3.63, 3.8) is 0 Å². The molecule has 2 aromatic rings. The van der Waals surface area contributed by atoms with E-state index in [0.717, 1.165) is 12.2 Å². The highest BCUT2D eigenvalue weighted by Gasteiger charge is 2.49. The molecule has 0 amide bonds. The predicted molar refractivity (Wildman–Crippen MR) is 68.0 cm³/mol. The van der Waals surface area contributed by atoms with Crippen LogP contribution < -0.4 is 0 Å². The van der Waals surface area contributed by atoms with Crippen LogP contribution in [0.3, 0.4) is 0 Å². The highest BCUT2D eigenvalue weighted by molar-refractivity contribution is 5.81. The first-order chi connectivity index (χ1) is 8.18. The number of hydrogen-bond donors (Lipinski definition) is 1. The minimum atomic E-state index is 0.466. The molecular weight excluding hydrogens is 210 g/mol. The fourth-order valence-electron chi connectivity index (χ4n) is 3.17. The maximum Gasteiger partial charge on any atom is 0.0918 e. The molecule has 17 heavy (non-hydrogen) atoms. The van der Waals surface area contributed by atoms with E-state index in [4.69, 9.17) is 4.98 Å². The van der Waals surface area contributed by atoms with Crippen LogP contribution >= 0.6 is 0 Å². The molecule has 0 radical (unpaired) electrons. The molecule has 3 nitrogen and oxygen atoms in total. The second-order valence-corrected chi connectivity index (χ2v) is 5.69. The quantitative estimate of drug-likeness (QED) is 0.749. The monoisotopic (exact) mass is 227 g/mol. The van der Waals surface area contributed by atoms with Crippen molar-refractivity contribution >= 4 is 11.0 Å². The lowest BCUT2D eigenvalue weighted by molar-refractivity contribution is 0.193. The average molecular weight is 227 g/mol. The topological polar surface area (TPSA) is 31.9 Å². The molecule has 1 N–H and O–H groups in total. The smallest absolute Gasteiger partial charge is 0.0918 e. The first-order valence-corrected chi connectivity index (χ1v) is 6.36. The number of nitrogens with zero attached hydrogens (tertiary/aromatic N) is 2. The lowest BCUT2D eigenvalue weighted by Crippen LogP contribution is -2.39. The van der Waals surface area contributed by atoms with Crippen LogP contribution in [0.1, 0.15) is 29.8 Å². The molecule has 1 spiro atoms. The maximum atomic E-state index is 4.72. The number of aromatic nitrogens is 2. The molecule has 1 saturated carbocycles. The van der Waals surface area contributed by atoms with Gasteiger partial charge in [-0.3, -0.25) is 9.88 Å². The van der Waals surface area contributed by atoms with Crippen molar-refractivity contribution in [2.45, 2.75) is 38.3 Å². The number of fused-ring (bicyclic) bond motifs is 3. The van der Waals surface area contributed by atoms with Crippen LogP contribution in [0.25, 0.3) is 11.0 Å². The second kappa shape index (κ2) is 2.91. The van der Waals surface area contributed by atoms with Crippen LogP contribution in [0.15, 0.2) is 12.1 Å². The Hall–Kier alpha value is -1.35. The Kier molecular flexibility index (Phi) is 1.65. The highest BCUT2D eigenvalue weighted by atomic mass is 15.2. The van der Waals surface area contributed by atoms with E-state index in [0.29, 0.717) is 5.54 Å². The fraction of sp³-hybridized carbons (Fsp3) is 0.500. The van der Waals surface area contributed by atoms with E-state index in [1.165, 1.54) is 41.6 Å². The van der Waals surface area contributed by atoms with Crippen LogP contribution in [-0.4, -0.2) is 27.5 Å². The molecule has 1 aliphatic carbocycles. The van der Waals surface area contributed by atoms with Crippen molar-refractivity contribution in [3.8, 4) is 0 Å². The van der Waals surface area contributed by atoms with Gasteiger partial charge in [0.05, 0.1) is 11.0 Å². The van der Waals surface area contributed by atoms with Crippen molar-refractivity contribution in [3.05, 3.63) is 29.1 Å². The zero-order valence-electron chi connectivity index (χ0n) is 10.4. The standard InChI is InChI=1S/C14H17N3/c1-9-3-4-11-13(15-9)10-7-14(5-6-14)17(2)8-12(10)16-11/h3-4,16H,5-8H2,1-2H3. The van der Waals surface area contributed by atoms with Gasteiger partial charge in [0, 0.05) is 29.0 Å². The summed E-state index contributed by atoms with van der Waals surface area (Å²) in [6.45, 7) is 3.12. The van der Waals surface area contributed by atoms with Crippen LogP contribution in [0.2, 0.25) is 0 Å². The van der Waals surface area contributed by atoms with Gasteiger partial charge in [-0.05, 0) is 45.4 Å². The van der Waals surface area contributed by atoms with Gasteiger partial charge >= 0.3 is 0 Å². The molecule has 88 valence electrons. The van der Waals surface area contributed by atoms with E-state index in [1.807, 2.05) is 0 Å². The van der Waals surface area contributed by atoms with Gasteiger partial charge < -0.3 is 4.98 Å². The van der Waals surface area contributed by atoms with Gasteiger partial charge in [0.25, 0.3) is 0 Å². The van der Waals surface area contributed by atoms with E-state index >= 15 is 0 Å². The Morgan fingerprint density at radius 2 is 2.18 bits per heavy atom. The number of nitrogens with one attached hydrogen (secondary N) is 1. The van der Waals surface area contributed by atoms with Crippen molar-refractivity contribution < 1.29 is 0 Å². The third-order valence-electron chi connectivity index (χ3n) is 4.51. The fourth-order valence-corrected chi connectivity index (χ4v) is 3.17. The molecule has 1 aliphatic heterocycles. The van der Waals surface area contributed by atoms with Gasteiger partial charge in [0.15, 0.2) is 0 Å². The zero-order chi connectivity index (χ0) is 11.6. The third-order valence-corrected chi connectivity index (χ3v) is 4.51. The first kappa shape index (κ1) is 9.66. The van der Waals surface area contributed by atoms with E-state index in [1.54, 1.807) is 0 Å². The number of rotatable bonds is 0. The van der Waals surface area contributed by atoms with E-state index in [-0.39, 0.29) is 0 Å². The molecule has 0 unspecified atom stereocenters. The largest absolute Gasteiger partial charge is 0.356 e. The van der Waals surface area contributed by atoms with Gasteiger partial charge in [0.1, 0.15) is 0 Å². The van der Waals surface area contributed by atoms with Gasteiger partial charge in [-0.1, -0.05) is 0 Å². The number of aromatic amines is 1. The van der Waals surface area contributed by atoms with Crippen molar-refractivity contribution in [1.82, 2.24) is 14.9 Å². The first-order valence-electron chi connectivity index (χ1n) is 6.36. The molecule has 0 aromatic carbocycles. The van der Waals surface area contributed by atoms with Crippen LogP contribution in [-0.2, 0) is 13.0 Å². The number of likely N-dealkylation sites (N-methyl/N-ethyl adjacent to an activating group) is 1. The molecule has 0 saturated heterocycles. The number of hydrogen-bond acceptors (Lipinski definition) is 2. The average Bonchev–Trinajstić information content (AvgIpc) is 2.99. The van der Waals surface area contributed by atoms with Crippen molar-refractivity contribution in [2.24, 2.45) is 0 Å². The summed E-state index contributed by atoms with van der Waals surface area (Å²) in [7, 11) is 2.25. The maximum absolute atomic E-state index is 4.72. The Morgan fingerprint density at radius 3 is 2.94 bits per heavy atom. The second-order valence-electron chi connectivity index (χ2n) is 5.69. The highest BCUT2D eigenvalue weighted by Crippen LogP contribution is 2.48. The molecular formula is C14H17N3. The van der Waals surface area contributed by atoms with Crippen LogP contribution in [0.5, 0.6) is 0 Å². The molecule has 3 heteroatoms. The minimum absolute atomic E-state index is 0.466. The lowest BCUT2D eigenvalue weighted by Gasteiger charge is -2.32. The summed E-state index contributed by atoms with van der Waals surface area (Å²) >= 11 is 0. The summed E-state index contributed by atoms with van der Waals surface area (Å²) in [5.41, 5.74) is 6.83. The molecule has 2 aliphatic rings. The molecule has 0 atom stereocenters. The van der Waals surface area contributed by atoms with Crippen LogP contribution in [0.4, 0.5) is 0 Å². The number of aryl methyl sites for hydroxylation is 1. The SMILES string of the molecule is Cc1ccc2[nH]c3c(c2n1)CC1(CC1)N(C)C3. The van der Waals surface area contributed by atoms with Crippen molar-refractivity contribution in [2.75, 3.05) is 7.05 Å². The predicted octanol–water partition coefficient (Wildman–Crippen LogP) is 2.39. The lowest BCUT2D eigenvalue weighted by atomic mass is 9.97. The van der Waals surface area contributed by atoms with E-state index < -0.39 is 0 Å². The Labute approximate surface area is 101 Å². The molecule has 1 fully saturated rings. The van der Waals surface area contributed by atoms with Gasteiger partial charge in [-0.2, -0.15) is 0 Å². The Morgan fingerprint density at radius 1 is 1.35 bits per heavy atom. The summed E-state index contributed by atoms with van der Waals surface area (Å²) in [6, 6.07) is 4.25. The van der Waals surface area contributed by atoms with Gasteiger partial charge in [-0.25, -0.2) is 0 Å². The van der Waals surface area contributed by atoms with Crippen molar-refractivity contribution in [1.29, 1.82) is 0 Å². The third kappa shape index (κ3) is 1.23. The Balaban J connectivity index is 1.94. The van der Waals surface area contributed by atoms with Gasteiger partial charge in [-0.15, -0.1) is 0 Å². The molecule has 0 bridgehead atoms. The van der Waals surface area contributed by atoms with Gasteiger partial charge in [0.2, 0.25) is 0 Å². The normalized spacial score (nSPS) is 22.0. The number of pyridine rings is 1.